The third-order valence-electron chi connectivity index (χ3n) is 5.41. The maximum Gasteiger partial charge on any atom is 0.331 e. The molecule has 4 rings (SSSR count). The number of rotatable bonds is 3. The van der Waals surface area contributed by atoms with Gasteiger partial charge in [-0.15, -0.1) is 0 Å². The van der Waals surface area contributed by atoms with Gasteiger partial charge >= 0.3 is 5.69 Å². The zero-order chi connectivity index (χ0) is 18.3. The average Bonchev–Trinajstić information content (AvgIpc) is 3.14. The van der Waals surface area contributed by atoms with Gasteiger partial charge in [-0.05, 0) is 55.7 Å². The number of benzene rings is 1. The second-order valence-electron chi connectivity index (χ2n) is 6.98. The van der Waals surface area contributed by atoms with Gasteiger partial charge in [0.2, 0.25) is 0 Å². The Labute approximate surface area is 150 Å². The Kier molecular flexibility index (Phi) is 4.08. The molecule has 0 spiro atoms. The molecule has 0 bridgehead atoms. The van der Waals surface area contributed by atoms with Gasteiger partial charge in [-0.3, -0.25) is 18.7 Å². The molecule has 0 radical (unpaired) electrons. The quantitative estimate of drug-likeness (QED) is 0.788. The Morgan fingerprint density at radius 2 is 1.85 bits per heavy atom. The second kappa shape index (κ2) is 6.41. The van der Waals surface area contributed by atoms with Gasteiger partial charge in [0, 0.05) is 17.8 Å². The van der Waals surface area contributed by atoms with E-state index in [4.69, 9.17) is 0 Å². The van der Waals surface area contributed by atoms with Gasteiger partial charge in [-0.1, -0.05) is 12.1 Å². The highest BCUT2D eigenvalue weighted by Crippen LogP contribution is 2.22. The van der Waals surface area contributed by atoms with E-state index in [1.54, 1.807) is 6.07 Å². The number of hydrogen-bond donors (Lipinski definition) is 0. The molecule has 0 atom stereocenters. The van der Waals surface area contributed by atoms with Crippen LogP contribution >= 0.6 is 0 Å². The van der Waals surface area contributed by atoms with Crippen molar-refractivity contribution in [3.8, 4) is 6.07 Å². The molecule has 1 aliphatic heterocycles. The van der Waals surface area contributed by atoms with Crippen molar-refractivity contribution in [2.75, 3.05) is 0 Å². The van der Waals surface area contributed by atoms with E-state index in [-0.39, 0.29) is 17.9 Å². The number of fused-ring (bicyclic) bond motifs is 2. The Hall–Kier alpha value is -2.94. The van der Waals surface area contributed by atoms with Gasteiger partial charge in [-0.2, -0.15) is 5.26 Å². The van der Waals surface area contributed by atoms with Gasteiger partial charge in [0.05, 0.1) is 6.54 Å². The van der Waals surface area contributed by atoms with E-state index in [1.165, 1.54) is 22.1 Å². The van der Waals surface area contributed by atoms with Crippen molar-refractivity contribution in [1.29, 1.82) is 5.26 Å². The molecule has 0 saturated heterocycles. The van der Waals surface area contributed by atoms with Crippen molar-refractivity contribution >= 4 is 5.78 Å². The summed E-state index contributed by atoms with van der Waals surface area (Å²) in [6.45, 7) is 0.154. The smallest absolute Gasteiger partial charge is 0.296 e. The third kappa shape index (κ3) is 2.60. The van der Waals surface area contributed by atoms with Gasteiger partial charge in [-0.25, -0.2) is 4.79 Å². The predicted molar refractivity (Wildman–Crippen MR) is 95.4 cm³/mol. The summed E-state index contributed by atoms with van der Waals surface area (Å²) in [5.41, 5.74) is 2.30. The maximum absolute atomic E-state index is 12.7. The Morgan fingerprint density at radius 3 is 2.62 bits per heavy atom. The molecule has 2 aliphatic rings. The zero-order valence-electron chi connectivity index (χ0n) is 14.5. The fraction of sp³-hybridized carbons (Fsp3) is 0.400. The standard InChI is InChI=1S/C20H19N3O3/c21-11-16-17-6-3-9-22(17)20(26)23(19(16)25)12-18(24)15-8-7-13-4-1-2-5-14(13)10-15/h7-8,10H,1-6,9,12H2. The number of aromatic nitrogens is 2. The lowest BCUT2D eigenvalue weighted by Crippen LogP contribution is -2.43. The summed E-state index contributed by atoms with van der Waals surface area (Å²) in [5.74, 6) is -0.278. The molecule has 132 valence electrons. The van der Waals surface area contributed by atoms with Crippen LogP contribution in [0.25, 0.3) is 0 Å². The Morgan fingerprint density at radius 1 is 1.08 bits per heavy atom. The lowest BCUT2D eigenvalue weighted by atomic mass is 9.90. The minimum atomic E-state index is -0.656. The average molecular weight is 349 g/mol. The molecule has 1 aromatic heterocycles. The minimum Gasteiger partial charge on any atom is -0.296 e. The number of nitriles is 1. The summed E-state index contributed by atoms with van der Waals surface area (Å²) in [6, 6.07) is 7.54. The van der Waals surface area contributed by atoms with Gasteiger partial charge < -0.3 is 0 Å². The predicted octanol–water partition coefficient (Wildman–Crippen LogP) is 1.59. The van der Waals surface area contributed by atoms with E-state index < -0.39 is 11.2 Å². The largest absolute Gasteiger partial charge is 0.331 e. The summed E-state index contributed by atoms with van der Waals surface area (Å²) in [7, 11) is 0. The van der Waals surface area contributed by atoms with Crippen LogP contribution in [-0.4, -0.2) is 14.9 Å². The molecular weight excluding hydrogens is 330 g/mol. The number of carbonyl (C=O) groups excluding carboxylic acids is 1. The molecule has 1 aliphatic carbocycles. The van der Waals surface area contributed by atoms with Crippen molar-refractivity contribution < 1.29 is 4.79 Å². The lowest BCUT2D eigenvalue weighted by Gasteiger charge is -2.16. The van der Waals surface area contributed by atoms with Crippen molar-refractivity contribution in [2.24, 2.45) is 0 Å². The summed E-state index contributed by atoms with van der Waals surface area (Å²) >= 11 is 0. The van der Waals surface area contributed by atoms with E-state index in [1.807, 2.05) is 18.2 Å². The van der Waals surface area contributed by atoms with Crippen molar-refractivity contribution in [3.05, 3.63) is 67.0 Å². The van der Waals surface area contributed by atoms with Gasteiger partial charge in [0.1, 0.15) is 11.6 Å². The molecule has 0 fully saturated rings. The number of nitrogens with zero attached hydrogens (tertiary/aromatic N) is 3. The van der Waals surface area contributed by atoms with Gasteiger partial charge in [0.15, 0.2) is 5.78 Å². The molecule has 0 N–H and O–H groups in total. The Balaban J connectivity index is 1.72. The first-order valence-corrected chi connectivity index (χ1v) is 9.02. The SMILES string of the molecule is N#Cc1c2n(c(=O)n(CC(=O)c3ccc4c(c3)CCCC4)c1=O)CCC2. The first-order valence-electron chi connectivity index (χ1n) is 9.02. The van der Waals surface area contributed by atoms with Crippen molar-refractivity contribution in [1.82, 2.24) is 9.13 Å². The van der Waals surface area contributed by atoms with Crippen LogP contribution in [0, 0.1) is 11.3 Å². The van der Waals surface area contributed by atoms with Crippen LogP contribution in [0.15, 0.2) is 27.8 Å². The number of carbonyl (C=O) groups is 1. The number of hydrogen-bond acceptors (Lipinski definition) is 4. The highest BCUT2D eigenvalue weighted by molar-refractivity contribution is 5.96. The van der Waals surface area contributed by atoms with Crippen LogP contribution in [0.1, 0.15) is 52.0 Å². The summed E-state index contributed by atoms with van der Waals surface area (Å²) in [5, 5.41) is 9.32. The molecule has 26 heavy (non-hydrogen) atoms. The topological polar surface area (TPSA) is 84.9 Å². The lowest BCUT2D eigenvalue weighted by molar-refractivity contribution is 0.0968. The van der Waals surface area contributed by atoms with Crippen LogP contribution in [0.4, 0.5) is 0 Å². The molecule has 0 saturated carbocycles. The van der Waals surface area contributed by atoms with Crippen LogP contribution in [0.2, 0.25) is 0 Å². The van der Waals surface area contributed by atoms with E-state index in [2.05, 4.69) is 0 Å². The Bertz CT molecular complexity index is 1070. The second-order valence-corrected chi connectivity index (χ2v) is 6.98. The van der Waals surface area contributed by atoms with Crippen LogP contribution in [0.3, 0.4) is 0 Å². The van der Waals surface area contributed by atoms with E-state index in [0.717, 1.165) is 30.3 Å². The third-order valence-corrected chi connectivity index (χ3v) is 5.41. The van der Waals surface area contributed by atoms with E-state index in [9.17, 15) is 19.6 Å². The van der Waals surface area contributed by atoms with E-state index in [0.29, 0.717) is 24.2 Å². The molecule has 2 heterocycles. The summed E-state index contributed by atoms with van der Waals surface area (Å²) in [4.78, 5) is 37.9. The van der Waals surface area contributed by atoms with E-state index >= 15 is 0 Å². The number of ketones is 1. The molecule has 0 amide bonds. The molecule has 6 nitrogen and oxygen atoms in total. The first kappa shape index (κ1) is 16.5. The fourth-order valence-electron chi connectivity index (χ4n) is 4.03. The van der Waals surface area contributed by atoms with Crippen LogP contribution in [-0.2, 0) is 32.4 Å². The molecule has 0 unspecified atom stereocenters. The maximum atomic E-state index is 12.7. The first-order chi connectivity index (χ1) is 12.6. The fourth-order valence-corrected chi connectivity index (χ4v) is 4.03. The van der Waals surface area contributed by atoms with Crippen LogP contribution < -0.4 is 11.2 Å². The normalized spacial score (nSPS) is 15.2. The highest BCUT2D eigenvalue weighted by atomic mass is 16.2. The highest BCUT2D eigenvalue weighted by Gasteiger charge is 2.24. The molecule has 6 heteroatoms. The number of Topliss-reactive ketones (excluding diaryl/α,β-unsaturated/α-hetero) is 1. The summed E-state index contributed by atoms with van der Waals surface area (Å²) in [6.07, 6.45) is 5.54. The number of aryl methyl sites for hydroxylation is 2. The van der Waals surface area contributed by atoms with Gasteiger partial charge in [0.25, 0.3) is 5.56 Å². The summed E-state index contributed by atoms with van der Waals surface area (Å²) < 4.78 is 2.37. The minimum absolute atomic E-state index is 0.0136. The van der Waals surface area contributed by atoms with Crippen molar-refractivity contribution in [2.45, 2.75) is 51.6 Å². The van der Waals surface area contributed by atoms with Crippen molar-refractivity contribution in [3.63, 3.8) is 0 Å². The zero-order valence-corrected chi connectivity index (χ0v) is 14.5. The monoisotopic (exact) mass is 349 g/mol. The molecule has 1 aromatic carbocycles. The molecular formula is C20H19N3O3. The van der Waals surface area contributed by atoms with Crippen LogP contribution in [0.5, 0.6) is 0 Å². The molecule has 2 aromatic rings.